The van der Waals surface area contributed by atoms with Crippen molar-refractivity contribution in [3.8, 4) is 0 Å². The highest BCUT2D eigenvalue weighted by atomic mass is 16.5. The molecule has 0 aliphatic carbocycles. The minimum absolute atomic E-state index is 0.313. The Labute approximate surface area is 105 Å². The zero-order valence-corrected chi connectivity index (χ0v) is 11.4. The molecule has 4 heteroatoms. The van der Waals surface area contributed by atoms with Crippen LogP contribution in [-0.4, -0.2) is 74.4 Å². The van der Waals surface area contributed by atoms with Crippen molar-refractivity contribution in [2.75, 3.05) is 59.0 Å². The fraction of sp³-hybridized carbons (Fsp3) is 1.00. The van der Waals surface area contributed by atoms with Gasteiger partial charge in [0, 0.05) is 44.8 Å². The highest BCUT2D eigenvalue weighted by molar-refractivity contribution is 4.83. The van der Waals surface area contributed by atoms with Crippen LogP contribution < -0.4 is 5.32 Å². The first-order chi connectivity index (χ1) is 8.16. The maximum absolute atomic E-state index is 5.37. The Kier molecular flexibility index (Phi) is 4.79. The zero-order chi connectivity index (χ0) is 12.1. The number of hydrogen-bond donors (Lipinski definition) is 1. The molecule has 2 fully saturated rings. The van der Waals surface area contributed by atoms with Crippen molar-refractivity contribution in [1.82, 2.24) is 15.1 Å². The minimum atomic E-state index is 0.313. The minimum Gasteiger partial charge on any atom is -0.379 e. The third-order valence-corrected chi connectivity index (χ3v) is 3.92. The first-order valence-corrected chi connectivity index (χ1v) is 6.93. The molecule has 0 radical (unpaired) electrons. The van der Waals surface area contributed by atoms with Gasteiger partial charge >= 0.3 is 0 Å². The highest BCUT2D eigenvalue weighted by Gasteiger charge is 2.22. The van der Waals surface area contributed by atoms with Gasteiger partial charge in [-0.3, -0.25) is 4.90 Å². The molecule has 0 aromatic heterocycles. The first-order valence-electron chi connectivity index (χ1n) is 6.93. The molecule has 0 aromatic rings. The van der Waals surface area contributed by atoms with Crippen LogP contribution in [0, 0.1) is 0 Å². The van der Waals surface area contributed by atoms with E-state index in [1.807, 2.05) is 0 Å². The summed E-state index contributed by atoms with van der Waals surface area (Å²) in [5.74, 6) is 0. The van der Waals surface area contributed by atoms with Crippen LogP contribution in [0.2, 0.25) is 0 Å². The lowest BCUT2D eigenvalue weighted by Crippen LogP contribution is -2.42. The predicted molar refractivity (Wildman–Crippen MR) is 70.4 cm³/mol. The Balaban J connectivity index is 1.68. The van der Waals surface area contributed by atoms with E-state index in [0.717, 1.165) is 32.8 Å². The number of nitrogens with one attached hydrogen (secondary N) is 1. The summed E-state index contributed by atoms with van der Waals surface area (Å²) in [5.41, 5.74) is 0.313. The van der Waals surface area contributed by atoms with Crippen molar-refractivity contribution in [3.05, 3.63) is 0 Å². The van der Waals surface area contributed by atoms with Crippen LogP contribution in [0.1, 0.15) is 20.3 Å². The van der Waals surface area contributed by atoms with Crippen molar-refractivity contribution in [2.24, 2.45) is 0 Å². The van der Waals surface area contributed by atoms with Gasteiger partial charge in [-0.1, -0.05) is 0 Å². The van der Waals surface area contributed by atoms with Gasteiger partial charge in [0.05, 0.1) is 13.2 Å². The third kappa shape index (κ3) is 4.54. The summed E-state index contributed by atoms with van der Waals surface area (Å²) >= 11 is 0. The Bertz CT molecular complexity index is 227. The Hall–Kier alpha value is -0.160. The third-order valence-electron chi connectivity index (χ3n) is 3.92. The van der Waals surface area contributed by atoms with E-state index in [4.69, 9.17) is 4.74 Å². The second-order valence-corrected chi connectivity index (χ2v) is 5.86. The normalized spacial score (nSPS) is 27.9. The van der Waals surface area contributed by atoms with Crippen molar-refractivity contribution < 1.29 is 4.74 Å². The van der Waals surface area contributed by atoms with Gasteiger partial charge < -0.3 is 15.0 Å². The molecule has 17 heavy (non-hydrogen) atoms. The summed E-state index contributed by atoms with van der Waals surface area (Å²) in [6.07, 6.45) is 1.25. The second-order valence-electron chi connectivity index (χ2n) is 5.86. The average Bonchev–Trinajstić information content (AvgIpc) is 2.49. The van der Waals surface area contributed by atoms with E-state index >= 15 is 0 Å². The summed E-state index contributed by atoms with van der Waals surface area (Å²) in [6.45, 7) is 14.6. The van der Waals surface area contributed by atoms with Gasteiger partial charge in [-0.05, 0) is 26.8 Å². The van der Waals surface area contributed by atoms with Crippen molar-refractivity contribution in [3.63, 3.8) is 0 Å². The summed E-state index contributed by atoms with van der Waals surface area (Å²) in [4.78, 5) is 5.12. The Morgan fingerprint density at radius 1 is 1.00 bits per heavy atom. The largest absolute Gasteiger partial charge is 0.379 e. The maximum Gasteiger partial charge on any atom is 0.0594 e. The monoisotopic (exact) mass is 241 g/mol. The van der Waals surface area contributed by atoms with Crippen LogP contribution in [0.5, 0.6) is 0 Å². The van der Waals surface area contributed by atoms with E-state index in [1.54, 1.807) is 0 Å². The molecule has 4 nitrogen and oxygen atoms in total. The summed E-state index contributed by atoms with van der Waals surface area (Å²) in [5, 5.41) is 3.61. The van der Waals surface area contributed by atoms with Crippen LogP contribution in [0.4, 0.5) is 0 Å². The lowest BCUT2D eigenvalue weighted by atomic mass is 10.0. The average molecular weight is 241 g/mol. The molecule has 2 aliphatic heterocycles. The number of morpholine rings is 1. The van der Waals surface area contributed by atoms with Crippen LogP contribution in [0.25, 0.3) is 0 Å². The molecular weight excluding hydrogens is 214 g/mol. The van der Waals surface area contributed by atoms with Gasteiger partial charge in [0.15, 0.2) is 0 Å². The van der Waals surface area contributed by atoms with Gasteiger partial charge in [0.1, 0.15) is 0 Å². The molecule has 1 N–H and O–H groups in total. The number of hydrogen-bond acceptors (Lipinski definition) is 4. The van der Waals surface area contributed by atoms with Crippen LogP contribution >= 0.6 is 0 Å². The second kappa shape index (κ2) is 6.14. The van der Waals surface area contributed by atoms with Gasteiger partial charge in [-0.15, -0.1) is 0 Å². The number of ether oxygens (including phenoxy) is 1. The van der Waals surface area contributed by atoms with Gasteiger partial charge in [-0.25, -0.2) is 0 Å². The zero-order valence-electron chi connectivity index (χ0n) is 11.4. The van der Waals surface area contributed by atoms with E-state index < -0.39 is 0 Å². The van der Waals surface area contributed by atoms with Gasteiger partial charge in [0.25, 0.3) is 0 Å². The lowest BCUT2D eigenvalue weighted by molar-refractivity contribution is 0.0336. The molecular formula is C13H27N3O. The predicted octanol–water partition coefficient (Wildman–Crippen LogP) is 0.393. The molecule has 0 amide bonds. The number of nitrogens with zero attached hydrogens (tertiary/aromatic N) is 2. The van der Waals surface area contributed by atoms with Crippen LogP contribution in [-0.2, 0) is 4.74 Å². The number of rotatable bonds is 3. The lowest BCUT2D eigenvalue weighted by Gasteiger charge is -2.29. The summed E-state index contributed by atoms with van der Waals surface area (Å²) < 4.78 is 5.37. The molecule has 0 aromatic carbocycles. The molecule has 0 bridgehead atoms. The standard InChI is InChI=1S/C13H27N3O/c1-13(2)3-5-15(6-4-14-13)7-8-16-9-11-17-12-10-16/h14H,3-12H2,1-2H3. The molecule has 2 saturated heterocycles. The van der Waals surface area contributed by atoms with E-state index in [-0.39, 0.29) is 0 Å². The topological polar surface area (TPSA) is 27.7 Å². The molecule has 2 aliphatic rings. The van der Waals surface area contributed by atoms with Gasteiger partial charge in [0.2, 0.25) is 0 Å². The first kappa shape index (κ1) is 13.3. The van der Waals surface area contributed by atoms with Crippen LogP contribution in [0.15, 0.2) is 0 Å². The van der Waals surface area contributed by atoms with Crippen molar-refractivity contribution in [1.29, 1.82) is 0 Å². The van der Waals surface area contributed by atoms with E-state index in [1.165, 1.54) is 32.6 Å². The SMILES string of the molecule is CC1(C)CCN(CCN2CCOCC2)CCN1. The molecule has 2 heterocycles. The maximum atomic E-state index is 5.37. The molecule has 0 unspecified atom stereocenters. The highest BCUT2D eigenvalue weighted by Crippen LogP contribution is 2.12. The van der Waals surface area contributed by atoms with E-state index in [9.17, 15) is 0 Å². The molecule has 0 saturated carbocycles. The van der Waals surface area contributed by atoms with Crippen LogP contribution in [0.3, 0.4) is 0 Å². The van der Waals surface area contributed by atoms with Gasteiger partial charge in [-0.2, -0.15) is 0 Å². The van der Waals surface area contributed by atoms with E-state index in [0.29, 0.717) is 5.54 Å². The Morgan fingerprint density at radius 3 is 2.35 bits per heavy atom. The fourth-order valence-corrected chi connectivity index (χ4v) is 2.52. The molecule has 100 valence electrons. The summed E-state index contributed by atoms with van der Waals surface area (Å²) in [6, 6.07) is 0. The van der Waals surface area contributed by atoms with Crippen molar-refractivity contribution in [2.45, 2.75) is 25.8 Å². The van der Waals surface area contributed by atoms with E-state index in [2.05, 4.69) is 29.0 Å². The summed E-state index contributed by atoms with van der Waals surface area (Å²) in [7, 11) is 0. The smallest absolute Gasteiger partial charge is 0.0594 e. The quantitative estimate of drug-likeness (QED) is 0.774. The molecule has 0 atom stereocenters. The van der Waals surface area contributed by atoms with Crippen molar-refractivity contribution >= 4 is 0 Å². The Morgan fingerprint density at radius 2 is 1.65 bits per heavy atom. The fourth-order valence-electron chi connectivity index (χ4n) is 2.52. The molecule has 2 rings (SSSR count). The molecule has 0 spiro atoms.